The van der Waals surface area contributed by atoms with Gasteiger partial charge in [0.15, 0.2) is 5.76 Å². The lowest BCUT2D eigenvalue weighted by molar-refractivity contribution is 0.192. The van der Waals surface area contributed by atoms with Gasteiger partial charge in [-0.05, 0) is 18.2 Å². The van der Waals surface area contributed by atoms with E-state index < -0.39 is 0 Å². The molecular weight excluding hydrogens is 162 g/mol. The van der Waals surface area contributed by atoms with E-state index in [0.29, 0.717) is 0 Å². The molecule has 0 amide bonds. The molecule has 2 aliphatic heterocycles. The predicted molar refractivity (Wildman–Crippen MR) is 52.0 cm³/mol. The third-order valence-corrected chi connectivity index (χ3v) is 2.27. The topological polar surface area (TPSA) is 12.5 Å². The lowest BCUT2D eigenvalue weighted by Crippen LogP contribution is -2.28. The Labute approximate surface area is 76.7 Å². The van der Waals surface area contributed by atoms with Crippen LogP contribution in [0.3, 0.4) is 0 Å². The number of hydrogen-bond donors (Lipinski definition) is 0. The van der Waals surface area contributed by atoms with Crippen LogP contribution in [0.5, 0.6) is 0 Å². The number of anilines is 1. The number of rotatable bonds is 0. The van der Waals surface area contributed by atoms with Gasteiger partial charge in [-0.3, -0.25) is 0 Å². The van der Waals surface area contributed by atoms with Crippen LogP contribution in [0, 0.1) is 0 Å². The van der Waals surface area contributed by atoms with Crippen LogP contribution in [0.25, 0.3) is 6.08 Å². The lowest BCUT2D eigenvalue weighted by Gasteiger charge is -2.31. The molecule has 0 aromatic heterocycles. The molecule has 0 radical (unpaired) electrons. The minimum atomic E-state index is 0.828. The highest BCUT2D eigenvalue weighted by Gasteiger charge is 2.19. The first-order chi connectivity index (χ1) is 6.43. The van der Waals surface area contributed by atoms with E-state index in [1.807, 2.05) is 23.3 Å². The van der Waals surface area contributed by atoms with Crippen LogP contribution in [-0.2, 0) is 4.84 Å². The van der Waals surface area contributed by atoms with Crippen molar-refractivity contribution in [3.63, 3.8) is 0 Å². The van der Waals surface area contributed by atoms with Gasteiger partial charge in [0.25, 0.3) is 0 Å². The fourth-order valence-electron chi connectivity index (χ4n) is 1.67. The van der Waals surface area contributed by atoms with Gasteiger partial charge in [-0.25, -0.2) is 5.06 Å². The Kier molecular flexibility index (Phi) is 1.25. The predicted octanol–water partition coefficient (Wildman–Crippen LogP) is 2.35. The standard InChI is InChI=1S/C11H9NO/c1-2-6-11-9(4-1)8-10-5-3-7-12(11)13-10/h1-6,8H,7H2. The Hall–Kier alpha value is -1.70. The van der Waals surface area contributed by atoms with Crippen molar-refractivity contribution in [2.75, 3.05) is 11.6 Å². The fourth-order valence-corrected chi connectivity index (χ4v) is 1.67. The number of fused-ring (bicyclic) bond motifs is 4. The molecule has 0 atom stereocenters. The number of para-hydroxylation sites is 1. The largest absolute Gasteiger partial charge is 0.379 e. The van der Waals surface area contributed by atoms with E-state index in [2.05, 4.69) is 24.3 Å². The SMILES string of the molecule is C1=CC2=Cc3ccccc3N(C1)O2. The Bertz CT molecular complexity index is 406. The van der Waals surface area contributed by atoms with Gasteiger partial charge in [-0.2, -0.15) is 0 Å². The molecule has 1 aromatic rings. The highest BCUT2D eigenvalue weighted by molar-refractivity contribution is 5.72. The van der Waals surface area contributed by atoms with E-state index in [0.717, 1.165) is 18.0 Å². The maximum atomic E-state index is 5.56. The van der Waals surface area contributed by atoms with Gasteiger partial charge in [-0.1, -0.05) is 24.3 Å². The number of allylic oxidation sites excluding steroid dienone is 1. The van der Waals surface area contributed by atoms with Crippen molar-refractivity contribution in [2.45, 2.75) is 0 Å². The molecule has 2 aliphatic rings. The van der Waals surface area contributed by atoms with Crippen LogP contribution in [0.4, 0.5) is 5.69 Å². The molecule has 1 aromatic carbocycles. The van der Waals surface area contributed by atoms with Gasteiger partial charge in [-0.15, -0.1) is 0 Å². The molecule has 13 heavy (non-hydrogen) atoms. The highest BCUT2D eigenvalue weighted by atomic mass is 16.7. The third-order valence-electron chi connectivity index (χ3n) is 2.27. The molecule has 2 nitrogen and oxygen atoms in total. The van der Waals surface area contributed by atoms with Gasteiger partial charge in [0, 0.05) is 5.56 Å². The van der Waals surface area contributed by atoms with Crippen molar-refractivity contribution in [1.29, 1.82) is 0 Å². The molecule has 2 heteroatoms. The number of benzene rings is 1. The van der Waals surface area contributed by atoms with Crippen molar-refractivity contribution in [1.82, 2.24) is 0 Å². The third kappa shape index (κ3) is 0.952. The maximum absolute atomic E-state index is 5.56. The van der Waals surface area contributed by atoms with Crippen molar-refractivity contribution in [2.24, 2.45) is 0 Å². The van der Waals surface area contributed by atoms with Crippen molar-refractivity contribution in [3.05, 3.63) is 47.7 Å². The van der Waals surface area contributed by atoms with E-state index >= 15 is 0 Å². The average molecular weight is 171 g/mol. The summed E-state index contributed by atoms with van der Waals surface area (Å²) in [5.74, 6) is 0.921. The zero-order chi connectivity index (χ0) is 8.67. The molecule has 64 valence electrons. The first-order valence-electron chi connectivity index (χ1n) is 4.36. The number of hydrogen-bond acceptors (Lipinski definition) is 2. The molecule has 2 bridgehead atoms. The van der Waals surface area contributed by atoms with Crippen LogP contribution in [0.2, 0.25) is 0 Å². The van der Waals surface area contributed by atoms with Crippen LogP contribution in [0.1, 0.15) is 5.56 Å². The molecule has 0 aliphatic carbocycles. The summed E-state index contributed by atoms with van der Waals surface area (Å²) in [5.41, 5.74) is 2.38. The van der Waals surface area contributed by atoms with Crippen molar-refractivity contribution >= 4 is 11.8 Å². The summed E-state index contributed by atoms with van der Waals surface area (Å²) in [6.07, 6.45) is 6.17. The number of nitrogens with zero attached hydrogens (tertiary/aromatic N) is 1. The summed E-state index contributed by atoms with van der Waals surface area (Å²) in [7, 11) is 0. The van der Waals surface area contributed by atoms with Crippen molar-refractivity contribution in [3.8, 4) is 0 Å². The molecule has 0 spiro atoms. The van der Waals surface area contributed by atoms with Gasteiger partial charge in [0.2, 0.25) is 0 Å². The zero-order valence-electron chi connectivity index (χ0n) is 7.10. The zero-order valence-corrected chi connectivity index (χ0v) is 7.10. The molecule has 3 rings (SSSR count). The van der Waals surface area contributed by atoms with Gasteiger partial charge in [0.1, 0.15) is 0 Å². The molecule has 0 N–H and O–H groups in total. The van der Waals surface area contributed by atoms with E-state index in [1.54, 1.807) is 0 Å². The maximum Gasteiger partial charge on any atom is 0.155 e. The van der Waals surface area contributed by atoms with E-state index in [4.69, 9.17) is 4.84 Å². The molecule has 0 saturated heterocycles. The second kappa shape index (κ2) is 2.39. The smallest absolute Gasteiger partial charge is 0.155 e. The molecule has 0 unspecified atom stereocenters. The summed E-state index contributed by atoms with van der Waals surface area (Å²) in [5, 5.41) is 1.91. The minimum absolute atomic E-state index is 0.828. The first kappa shape index (κ1) is 6.78. The fraction of sp³-hybridized carbons (Fsp3) is 0.0909. The second-order valence-electron chi connectivity index (χ2n) is 3.16. The van der Waals surface area contributed by atoms with Crippen molar-refractivity contribution < 1.29 is 4.84 Å². The second-order valence-corrected chi connectivity index (χ2v) is 3.16. The minimum Gasteiger partial charge on any atom is -0.379 e. The molecule has 2 heterocycles. The Morgan fingerprint density at radius 1 is 1.23 bits per heavy atom. The normalized spacial score (nSPS) is 17.5. The summed E-state index contributed by atoms with van der Waals surface area (Å²) in [6.45, 7) is 0.828. The molecule has 0 saturated carbocycles. The van der Waals surface area contributed by atoms with E-state index in [-0.39, 0.29) is 0 Å². The Morgan fingerprint density at radius 3 is 3.15 bits per heavy atom. The monoisotopic (exact) mass is 171 g/mol. The van der Waals surface area contributed by atoms with Gasteiger partial charge >= 0.3 is 0 Å². The summed E-state index contributed by atoms with van der Waals surface area (Å²) >= 11 is 0. The Balaban J connectivity index is 2.23. The van der Waals surface area contributed by atoms with Crippen LogP contribution >= 0.6 is 0 Å². The van der Waals surface area contributed by atoms with E-state index in [9.17, 15) is 0 Å². The Morgan fingerprint density at radius 2 is 2.15 bits per heavy atom. The van der Waals surface area contributed by atoms with Crippen LogP contribution in [-0.4, -0.2) is 6.54 Å². The van der Waals surface area contributed by atoms with Crippen LogP contribution < -0.4 is 5.06 Å². The summed E-state index contributed by atoms with van der Waals surface area (Å²) in [4.78, 5) is 5.56. The van der Waals surface area contributed by atoms with Gasteiger partial charge < -0.3 is 4.84 Å². The first-order valence-corrected chi connectivity index (χ1v) is 4.36. The molecular formula is C11H9NO. The highest BCUT2D eigenvalue weighted by Crippen LogP contribution is 2.31. The summed E-state index contributed by atoms with van der Waals surface area (Å²) < 4.78 is 0. The average Bonchev–Trinajstić information content (AvgIpc) is 2.18. The molecule has 0 fully saturated rings. The number of hydroxylamine groups is 1. The van der Waals surface area contributed by atoms with Crippen LogP contribution in [0.15, 0.2) is 42.2 Å². The van der Waals surface area contributed by atoms with Gasteiger partial charge in [0.05, 0.1) is 12.2 Å². The van der Waals surface area contributed by atoms with E-state index in [1.165, 1.54) is 5.56 Å². The summed E-state index contributed by atoms with van der Waals surface area (Å²) in [6, 6.07) is 8.24. The quantitative estimate of drug-likeness (QED) is 0.594. The lowest BCUT2D eigenvalue weighted by atomic mass is 10.1.